The molecule has 0 saturated carbocycles. The van der Waals surface area contributed by atoms with Gasteiger partial charge < -0.3 is 20.1 Å². The van der Waals surface area contributed by atoms with Crippen molar-refractivity contribution >= 4 is 11.7 Å². The Labute approximate surface area is 123 Å². The molecule has 21 heavy (non-hydrogen) atoms. The van der Waals surface area contributed by atoms with E-state index in [-0.39, 0.29) is 6.03 Å². The Kier molecular flexibility index (Phi) is 5.04. The Bertz CT molecular complexity index is 577. The fourth-order valence-corrected chi connectivity index (χ4v) is 1.85. The van der Waals surface area contributed by atoms with Gasteiger partial charge in [0.2, 0.25) is 0 Å². The van der Waals surface area contributed by atoms with Gasteiger partial charge in [-0.15, -0.1) is 0 Å². The smallest absolute Gasteiger partial charge is 0.319 e. The predicted octanol–water partition coefficient (Wildman–Crippen LogP) is 3.03. The number of carbonyl (C=O) groups excluding carboxylic acids is 1. The number of nitrogens with one attached hydrogen (secondary N) is 2. The third-order valence-corrected chi connectivity index (χ3v) is 2.90. The molecule has 0 atom stereocenters. The normalized spacial score (nSPS) is 9.81. The molecule has 0 aliphatic carbocycles. The maximum absolute atomic E-state index is 11.8. The molecule has 2 N–H and O–H groups in total. The van der Waals surface area contributed by atoms with Gasteiger partial charge in [-0.25, -0.2) is 4.79 Å². The van der Waals surface area contributed by atoms with Crippen LogP contribution in [0.2, 0.25) is 0 Å². The highest BCUT2D eigenvalue weighted by molar-refractivity contribution is 5.89. The van der Waals surface area contributed by atoms with Gasteiger partial charge in [-0.3, -0.25) is 0 Å². The molecule has 0 heterocycles. The van der Waals surface area contributed by atoms with Crippen molar-refractivity contribution in [3.8, 4) is 11.5 Å². The number of hydrogen-bond acceptors (Lipinski definition) is 3. The second kappa shape index (κ2) is 7.19. The van der Waals surface area contributed by atoms with Crippen molar-refractivity contribution in [3.63, 3.8) is 0 Å². The minimum atomic E-state index is -0.261. The van der Waals surface area contributed by atoms with Crippen molar-refractivity contribution < 1.29 is 14.3 Å². The molecule has 0 fully saturated rings. The first kappa shape index (κ1) is 14.7. The van der Waals surface area contributed by atoms with Crippen LogP contribution in [0.3, 0.4) is 0 Å². The van der Waals surface area contributed by atoms with E-state index >= 15 is 0 Å². The third-order valence-electron chi connectivity index (χ3n) is 2.90. The van der Waals surface area contributed by atoms with Crippen molar-refractivity contribution in [1.29, 1.82) is 0 Å². The molecule has 2 aromatic rings. The summed E-state index contributed by atoms with van der Waals surface area (Å²) in [5, 5.41) is 5.55. The van der Waals surface area contributed by atoms with Crippen molar-refractivity contribution in [3.05, 3.63) is 54.1 Å². The fourth-order valence-electron chi connectivity index (χ4n) is 1.85. The topological polar surface area (TPSA) is 59.6 Å². The lowest BCUT2D eigenvalue weighted by molar-refractivity contribution is 0.251. The van der Waals surface area contributed by atoms with Crippen LogP contribution in [0.25, 0.3) is 0 Å². The molecule has 2 rings (SSSR count). The number of anilines is 1. The number of urea groups is 1. The molecule has 0 unspecified atom stereocenters. The molecule has 0 aliphatic heterocycles. The summed E-state index contributed by atoms with van der Waals surface area (Å²) in [7, 11) is 3.18. The number of benzene rings is 2. The Morgan fingerprint density at radius 1 is 1.00 bits per heavy atom. The number of carbonyl (C=O) groups is 1. The van der Waals surface area contributed by atoms with Gasteiger partial charge in [0.1, 0.15) is 11.5 Å². The van der Waals surface area contributed by atoms with Crippen molar-refractivity contribution in [2.75, 3.05) is 19.5 Å². The lowest BCUT2D eigenvalue weighted by Gasteiger charge is -2.10. The van der Waals surface area contributed by atoms with E-state index in [4.69, 9.17) is 9.47 Å². The Hall–Kier alpha value is -2.69. The molecular formula is C16H18N2O3. The highest BCUT2D eigenvalue weighted by Gasteiger charge is 2.04. The van der Waals surface area contributed by atoms with Crippen LogP contribution in [0.1, 0.15) is 5.56 Å². The number of amides is 2. The van der Waals surface area contributed by atoms with Crippen LogP contribution in [0.4, 0.5) is 10.5 Å². The van der Waals surface area contributed by atoms with Crippen LogP contribution >= 0.6 is 0 Å². The van der Waals surface area contributed by atoms with E-state index in [9.17, 15) is 4.79 Å². The maximum atomic E-state index is 11.8. The van der Waals surface area contributed by atoms with Crippen LogP contribution in [0.15, 0.2) is 48.5 Å². The molecule has 110 valence electrons. The number of rotatable bonds is 5. The van der Waals surface area contributed by atoms with Gasteiger partial charge in [0.15, 0.2) is 0 Å². The second-order valence-electron chi connectivity index (χ2n) is 4.39. The van der Waals surface area contributed by atoms with Gasteiger partial charge in [0.05, 0.1) is 14.2 Å². The van der Waals surface area contributed by atoms with Crippen LogP contribution in [-0.2, 0) is 6.54 Å². The number of methoxy groups -OCH3 is 2. The molecular weight excluding hydrogens is 268 g/mol. The summed E-state index contributed by atoms with van der Waals surface area (Å²) in [6.07, 6.45) is 0. The van der Waals surface area contributed by atoms with Crippen molar-refractivity contribution in [1.82, 2.24) is 5.32 Å². The SMILES string of the molecule is COc1cc(CNC(=O)Nc2ccccc2)cc(OC)c1. The summed E-state index contributed by atoms with van der Waals surface area (Å²) in [4.78, 5) is 11.8. The Balaban J connectivity index is 1.94. The average molecular weight is 286 g/mol. The lowest BCUT2D eigenvalue weighted by Crippen LogP contribution is -2.28. The van der Waals surface area contributed by atoms with E-state index in [1.165, 1.54) is 0 Å². The highest BCUT2D eigenvalue weighted by Crippen LogP contribution is 2.22. The summed E-state index contributed by atoms with van der Waals surface area (Å²) in [5.74, 6) is 1.38. The molecule has 0 bridgehead atoms. The zero-order valence-corrected chi connectivity index (χ0v) is 12.1. The lowest BCUT2D eigenvalue weighted by atomic mass is 10.2. The first-order valence-electron chi connectivity index (χ1n) is 6.53. The fraction of sp³-hybridized carbons (Fsp3) is 0.188. The van der Waals surface area contributed by atoms with Gasteiger partial charge >= 0.3 is 6.03 Å². The maximum Gasteiger partial charge on any atom is 0.319 e. The monoisotopic (exact) mass is 286 g/mol. The first-order chi connectivity index (χ1) is 10.2. The molecule has 5 nitrogen and oxygen atoms in total. The summed E-state index contributed by atoms with van der Waals surface area (Å²) in [5.41, 5.74) is 1.65. The third kappa shape index (κ3) is 4.42. The van der Waals surface area contributed by atoms with E-state index in [1.807, 2.05) is 42.5 Å². The van der Waals surface area contributed by atoms with Gasteiger partial charge in [0.25, 0.3) is 0 Å². The van der Waals surface area contributed by atoms with Gasteiger partial charge in [-0.2, -0.15) is 0 Å². The number of ether oxygens (including phenoxy) is 2. The van der Waals surface area contributed by atoms with E-state index < -0.39 is 0 Å². The number of hydrogen-bond donors (Lipinski definition) is 2. The van der Waals surface area contributed by atoms with Crippen molar-refractivity contribution in [2.24, 2.45) is 0 Å². The molecule has 0 radical (unpaired) electrons. The van der Waals surface area contributed by atoms with E-state index in [2.05, 4.69) is 10.6 Å². The summed E-state index contributed by atoms with van der Waals surface area (Å²) in [6, 6.07) is 14.5. The molecule has 0 aromatic heterocycles. The Morgan fingerprint density at radius 3 is 2.19 bits per heavy atom. The predicted molar refractivity (Wildman–Crippen MR) is 81.8 cm³/mol. The largest absolute Gasteiger partial charge is 0.497 e. The van der Waals surface area contributed by atoms with Gasteiger partial charge in [0, 0.05) is 18.3 Å². The van der Waals surface area contributed by atoms with E-state index in [0.717, 1.165) is 11.3 Å². The van der Waals surface area contributed by atoms with Gasteiger partial charge in [-0.05, 0) is 29.8 Å². The molecule has 0 saturated heterocycles. The molecule has 0 aliphatic rings. The van der Waals surface area contributed by atoms with Crippen LogP contribution in [0.5, 0.6) is 11.5 Å². The first-order valence-corrected chi connectivity index (χ1v) is 6.53. The van der Waals surface area contributed by atoms with Crippen LogP contribution < -0.4 is 20.1 Å². The molecule has 0 spiro atoms. The summed E-state index contributed by atoms with van der Waals surface area (Å²) >= 11 is 0. The minimum absolute atomic E-state index is 0.261. The second-order valence-corrected chi connectivity index (χ2v) is 4.39. The molecule has 5 heteroatoms. The van der Waals surface area contributed by atoms with E-state index in [1.54, 1.807) is 20.3 Å². The van der Waals surface area contributed by atoms with Crippen LogP contribution in [-0.4, -0.2) is 20.3 Å². The van der Waals surface area contributed by atoms with Crippen molar-refractivity contribution in [2.45, 2.75) is 6.54 Å². The number of para-hydroxylation sites is 1. The molecule has 2 amide bonds. The zero-order chi connectivity index (χ0) is 15.1. The minimum Gasteiger partial charge on any atom is -0.497 e. The highest BCUT2D eigenvalue weighted by atomic mass is 16.5. The zero-order valence-electron chi connectivity index (χ0n) is 12.1. The molecule has 2 aromatic carbocycles. The Morgan fingerprint density at radius 2 is 1.62 bits per heavy atom. The van der Waals surface area contributed by atoms with E-state index in [0.29, 0.717) is 18.0 Å². The summed E-state index contributed by atoms with van der Waals surface area (Å²) < 4.78 is 10.4. The van der Waals surface area contributed by atoms with Crippen LogP contribution in [0, 0.1) is 0 Å². The average Bonchev–Trinajstić information content (AvgIpc) is 2.53. The summed E-state index contributed by atoms with van der Waals surface area (Å²) in [6.45, 7) is 0.381. The van der Waals surface area contributed by atoms with Gasteiger partial charge in [-0.1, -0.05) is 18.2 Å². The quantitative estimate of drug-likeness (QED) is 0.888. The standard InChI is InChI=1S/C16H18N2O3/c1-20-14-8-12(9-15(10-14)21-2)11-17-16(19)18-13-6-4-3-5-7-13/h3-10H,11H2,1-2H3,(H2,17,18,19).